The lowest BCUT2D eigenvalue weighted by atomic mass is 10.1. The van der Waals surface area contributed by atoms with Gasteiger partial charge in [0.25, 0.3) is 0 Å². The fourth-order valence-electron chi connectivity index (χ4n) is 1.23. The number of halogens is 1. The summed E-state index contributed by atoms with van der Waals surface area (Å²) in [5, 5.41) is 14.4. The van der Waals surface area contributed by atoms with Gasteiger partial charge in [0.2, 0.25) is 0 Å². The van der Waals surface area contributed by atoms with Crippen molar-refractivity contribution in [2.45, 2.75) is 13.0 Å². The average molecular weight is 272 g/mol. The number of benzene rings is 1. The minimum atomic E-state index is 0.140. The summed E-state index contributed by atoms with van der Waals surface area (Å²) in [4.78, 5) is 0. The van der Waals surface area contributed by atoms with Crippen LogP contribution in [0.2, 0.25) is 0 Å². The van der Waals surface area contributed by atoms with E-state index in [1.54, 1.807) is 0 Å². The van der Waals surface area contributed by atoms with E-state index in [4.69, 9.17) is 10.9 Å². The molecule has 0 aliphatic carbocycles. The van der Waals surface area contributed by atoms with Crippen LogP contribution in [0.25, 0.3) is 0 Å². The van der Waals surface area contributed by atoms with Crippen molar-refractivity contribution >= 4 is 21.8 Å². The molecule has 1 aromatic rings. The minimum Gasteiger partial charge on any atom is -0.409 e. The second-order valence-electron chi connectivity index (χ2n) is 3.22. The van der Waals surface area contributed by atoms with E-state index in [1.807, 2.05) is 31.2 Å². The topological polar surface area (TPSA) is 70.6 Å². The molecule has 1 rings (SSSR count). The molecule has 0 bridgehead atoms. The maximum atomic E-state index is 8.39. The number of rotatable bonds is 4. The molecule has 0 aliphatic heterocycles. The van der Waals surface area contributed by atoms with Crippen LogP contribution in [-0.2, 0) is 0 Å². The van der Waals surface area contributed by atoms with Crippen molar-refractivity contribution in [1.29, 1.82) is 0 Å². The molecule has 4 nitrogen and oxygen atoms in total. The SMILES string of the molecule is C[C@H](NC/C(N)=N/O)c1ccccc1Br. The third-order valence-corrected chi connectivity index (χ3v) is 2.81. The first-order valence-corrected chi connectivity index (χ1v) is 5.38. The standard InChI is InChI=1S/C10H14BrN3O/c1-7(13-6-10(12)14-15)8-4-2-3-5-9(8)11/h2-5,7,13,15H,6H2,1H3,(H2,12,14)/t7-/m0/s1. The lowest BCUT2D eigenvalue weighted by Gasteiger charge is -2.14. The van der Waals surface area contributed by atoms with Gasteiger partial charge in [0.15, 0.2) is 5.84 Å². The van der Waals surface area contributed by atoms with E-state index in [1.165, 1.54) is 0 Å². The summed E-state index contributed by atoms with van der Waals surface area (Å²) in [7, 11) is 0. The Hall–Kier alpha value is -1.07. The summed E-state index contributed by atoms with van der Waals surface area (Å²) >= 11 is 3.47. The number of nitrogens with two attached hydrogens (primary N) is 1. The van der Waals surface area contributed by atoms with Crippen molar-refractivity contribution in [3.8, 4) is 0 Å². The lowest BCUT2D eigenvalue weighted by Crippen LogP contribution is -2.31. The van der Waals surface area contributed by atoms with Gasteiger partial charge in [-0.05, 0) is 18.6 Å². The van der Waals surface area contributed by atoms with Crippen LogP contribution in [0.1, 0.15) is 18.5 Å². The summed E-state index contributed by atoms with van der Waals surface area (Å²) in [6, 6.07) is 8.08. The number of hydrogen-bond donors (Lipinski definition) is 3. The fraction of sp³-hybridized carbons (Fsp3) is 0.300. The number of amidine groups is 1. The normalized spacial score (nSPS) is 13.9. The molecule has 0 saturated carbocycles. The van der Waals surface area contributed by atoms with Gasteiger partial charge in [-0.15, -0.1) is 0 Å². The van der Waals surface area contributed by atoms with E-state index in [9.17, 15) is 0 Å². The van der Waals surface area contributed by atoms with Gasteiger partial charge in [0.1, 0.15) is 0 Å². The summed E-state index contributed by atoms with van der Waals surface area (Å²) in [6.07, 6.45) is 0. The van der Waals surface area contributed by atoms with Crippen molar-refractivity contribution < 1.29 is 5.21 Å². The molecule has 0 aromatic heterocycles. The average Bonchev–Trinajstić information content (AvgIpc) is 2.26. The fourth-order valence-corrected chi connectivity index (χ4v) is 1.86. The first-order valence-electron chi connectivity index (χ1n) is 4.59. The Morgan fingerprint density at radius 2 is 2.27 bits per heavy atom. The molecule has 0 fully saturated rings. The van der Waals surface area contributed by atoms with Gasteiger partial charge in [0.05, 0.1) is 6.54 Å². The Kier molecular flexibility index (Phi) is 4.58. The summed E-state index contributed by atoms with van der Waals surface area (Å²) in [5.74, 6) is 0.175. The predicted molar refractivity (Wildman–Crippen MR) is 64.0 cm³/mol. The molecule has 0 heterocycles. The van der Waals surface area contributed by atoms with Crippen molar-refractivity contribution in [3.05, 3.63) is 34.3 Å². The van der Waals surface area contributed by atoms with Gasteiger partial charge >= 0.3 is 0 Å². The molecule has 0 spiro atoms. The van der Waals surface area contributed by atoms with Crippen LogP contribution in [-0.4, -0.2) is 17.6 Å². The van der Waals surface area contributed by atoms with E-state index in [0.29, 0.717) is 6.54 Å². The minimum absolute atomic E-state index is 0.140. The zero-order valence-corrected chi connectivity index (χ0v) is 10.0. The summed E-state index contributed by atoms with van der Waals surface area (Å²) in [5.41, 5.74) is 6.51. The first-order chi connectivity index (χ1) is 7.15. The molecule has 0 radical (unpaired) electrons. The van der Waals surface area contributed by atoms with Crippen LogP contribution in [0.5, 0.6) is 0 Å². The van der Waals surface area contributed by atoms with Crippen LogP contribution in [0.4, 0.5) is 0 Å². The van der Waals surface area contributed by atoms with Gasteiger partial charge in [-0.2, -0.15) is 0 Å². The Balaban J connectivity index is 2.61. The van der Waals surface area contributed by atoms with Crippen LogP contribution in [0.3, 0.4) is 0 Å². The second-order valence-corrected chi connectivity index (χ2v) is 4.07. The van der Waals surface area contributed by atoms with Gasteiger partial charge in [-0.3, -0.25) is 0 Å². The molecule has 5 heteroatoms. The number of hydrogen-bond acceptors (Lipinski definition) is 3. The van der Waals surface area contributed by atoms with Gasteiger partial charge in [-0.1, -0.05) is 39.3 Å². The molecular formula is C10H14BrN3O. The van der Waals surface area contributed by atoms with Gasteiger partial charge in [0, 0.05) is 10.5 Å². The van der Waals surface area contributed by atoms with E-state index in [0.717, 1.165) is 10.0 Å². The van der Waals surface area contributed by atoms with E-state index in [2.05, 4.69) is 26.4 Å². The molecule has 4 N–H and O–H groups in total. The van der Waals surface area contributed by atoms with Crippen molar-refractivity contribution in [2.75, 3.05) is 6.54 Å². The van der Waals surface area contributed by atoms with Gasteiger partial charge in [-0.25, -0.2) is 0 Å². The Labute approximate surface area is 97.3 Å². The van der Waals surface area contributed by atoms with Gasteiger partial charge < -0.3 is 16.3 Å². The number of nitrogens with one attached hydrogen (secondary N) is 1. The third-order valence-electron chi connectivity index (χ3n) is 2.09. The largest absolute Gasteiger partial charge is 0.409 e. The highest BCUT2D eigenvalue weighted by molar-refractivity contribution is 9.10. The zero-order chi connectivity index (χ0) is 11.3. The van der Waals surface area contributed by atoms with Crippen molar-refractivity contribution in [3.63, 3.8) is 0 Å². The van der Waals surface area contributed by atoms with Crippen molar-refractivity contribution in [1.82, 2.24) is 5.32 Å². The van der Waals surface area contributed by atoms with E-state index < -0.39 is 0 Å². The van der Waals surface area contributed by atoms with Crippen LogP contribution in [0.15, 0.2) is 33.9 Å². The Bertz CT molecular complexity index is 354. The first kappa shape index (κ1) is 12.0. The zero-order valence-electron chi connectivity index (χ0n) is 8.44. The maximum absolute atomic E-state index is 8.39. The monoisotopic (exact) mass is 271 g/mol. The highest BCUT2D eigenvalue weighted by Gasteiger charge is 2.08. The molecule has 0 amide bonds. The van der Waals surface area contributed by atoms with Crippen molar-refractivity contribution in [2.24, 2.45) is 10.9 Å². The second kappa shape index (κ2) is 5.72. The molecule has 0 saturated heterocycles. The molecule has 0 aliphatic rings. The highest BCUT2D eigenvalue weighted by Crippen LogP contribution is 2.22. The molecule has 0 unspecified atom stereocenters. The van der Waals surface area contributed by atoms with Crippen LogP contribution >= 0.6 is 15.9 Å². The van der Waals surface area contributed by atoms with Crippen LogP contribution < -0.4 is 11.1 Å². The molecule has 15 heavy (non-hydrogen) atoms. The van der Waals surface area contributed by atoms with E-state index in [-0.39, 0.29) is 11.9 Å². The molecule has 1 aromatic carbocycles. The quantitative estimate of drug-likeness (QED) is 0.339. The highest BCUT2D eigenvalue weighted by atomic mass is 79.9. The smallest absolute Gasteiger partial charge is 0.153 e. The predicted octanol–water partition coefficient (Wildman–Crippen LogP) is 1.85. The van der Waals surface area contributed by atoms with E-state index >= 15 is 0 Å². The molecule has 82 valence electrons. The van der Waals surface area contributed by atoms with Crippen LogP contribution in [0, 0.1) is 0 Å². The molecule has 1 atom stereocenters. The number of nitrogens with zero attached hydrogens (tertiary/aromatic N) is 1. The number of oxime groups is 1. The maximum Gasteiger partial charge on any atom is 0.153 e. The Morgan fingerprint density at radius 1 is 1.60 bits per heavy atom. The Morgan fingerprint density at radius 3 is 2.87 bits per heavy atom. The third kappa shape index (κ3) is 3.53. The summed E-state index contributed by atoms with van der Waals surface area (Å²) < 4.78 is 1.05. The summed E-state index contributed by atoms with van der Waals surface area (Å²) in [6.45, 7) is 2.38. The lowest BCUT2D eigenvalue weighted by molar-refractivity contribution is 0.316. The molecular weight excluding hydrogens is 258 g/mol.